The molecule has 0 bridgehead atoms. The highest BCUT2D eigenvalue weighted by Gasteiger charge is 1.99. The van der Waals surface area contributed by atoms with Crippen LogP contribution in [0.4, 0.5) is 10.1 Å². The molecule has 98 valence electrons. The molecule has 19 heavy (non-hydrogen) atoms. The SMILES string of the molecule is COc1ccc(/C=N/Nc2ccc(F)cc2)cc1Br. The van der Waals surface area contributed by atoms with Gasteiger partial charge >= 0.3 is 0 Å². The van der Waals surface area contributed by atoms with E-state index in [1.807, 2.05) is 18.2 Å². The topological polar surface area (TPSA) is 33.6 Å². The standard InChI is InChI=1S/C14H12BrFN2O/c1-19-14-7-2-10(8-13(14)15)9-17-18-12-5-3-11(16)4-6-12/h2-9,18H,1H3/b17-9+. The van der Waals surface area contributed by atoms with Crippen molar-refractivity contribution >= 4 is 27.8 Å². The maximum absolute atomic E-state index is 12.7. The van der Waals surface area contributed by atoms with Gasteiger partial charge in [0.2, 0.25) is 0 Å². The molecule has 0 saturated heterocycles. The largest absolute Gasteiger partial charge is 0.496 e. The molecule has 0 aliphatic carbocycles. The maximum Gasteiger partial charge on any atom is 0.133 e. The average Bonchev–Trinajstić information content (AvgIpc) is 2.41. The van der Waals surface area contributed by atoms with Gasteiger partial charge < -0.3 is 4.74 Å². The molecule has 0 atom stereocenters. The monoisotopic (exact) mass is 322 g/mol. The van der Waals surface area contributed by atoms with Crippen molar-refractivity contribution in [2.45, 2.75) is 0 Å². The number of methoxy groups -OCH3 is 1. The number of halogens is 2. The van der Waals surface area contributed by atoms with Crippen LogP contribution in [-0.4, -0.2) is 13.3 Å². The van der Waals surface area contributed by atoms with Crippen molar-refractivity contribution in [1.82, 2.24) is 0 Å². The second kappa shape index (κ2) is 6.33. The number of hydrogen-bond acceptors (Lipinski definition) is 3. The van der Waals surface area contributed by atoms with Crippen molar-refractivity contribution in [3.63, 3.8) is 0 Å². The lowest BCUT2D eigenvalue weighted by atomic mass is 10.2. The van der Waals surface area contributed by atoms with E-state index in [2.05, 4.69) is 26.5 Å². The van der Waals surface area contributed by atoms with E-state index in [1.165, 1.54) is 12.1 Å². The summed E-state index contributed by atoms with van der Waals surface area (Å²) in [7, 11) is 1.62. The fraction of sp³-hybridized carbons (Fsp3) is 0.0714. The Morgan fingerprint density at radius 3 is 2.58 bits per heavy atom. The van der Waals surface area contributed by atoms with E-state index in [1.54, 1.807) is 25.5 Å². The van der Waals surface area contributed by atoms with Crippen LogP contribution in [0.3, 0.4) is 0 Å². The van der Waals surface area contributed by atoms with Crippen molar-refractivity contribution in [3.05, 3.63) is 58.3 Å². The second-order valence-electron chi connectivity index (χ2n) is 3.77. The summed E-state index contributed by atoms with van der Waals surface area (Å²) < 4.78 is 18.7. The van der Waals surface area contributed by atoms with Crippen LogP contribution in [-0.2, 0) is 0 Å². The van der Waals surface area contributed by atoms with Gasteiger partial charge in [-0.1, -0.05) is 0 Å². The highest BCUT2D eigenvalue weighted by Crippen LogP contribution is 2.24. The lowest BCUT2D eigenvalue weighted by Gasteiger charge is -2.03. The summed E-state index contributed by atoms with van der Waals surface area (Å²) in [5, 5.41) is 4.08. The molecule has 2 aromatic carbocycles. The molecule has 0 saturated carbocycles. The predicted octanol–water partition coefficient (Wildman–Crippen LogP) is 4.04. The zero-order chi connectivity index (χ0) is 13.7. The van der Waals surface area contributed by atoms with Crippen LogP contribution < -0.4 is 10.2 Å². The second-order valence-corrected chi connectivity index (χ2v) is 4.63. The molecular weight excluding hydrogens is 311 g/mol. The van der Waals surface area contributed by atoms with Crippen LogP contribution in [0.1, 0.15) is 5.56 Å². The molecule has 0 radical (unpaired) electrons. The summed E-state index contributed by atoms with van der Waals surface area (Å²) in [5.41, 5.74) is 4.47. The minimum Gasteiger partial charge on any atom is -0.496 e. The van der Waals surface area contributed by atoms with Gasteiger partial charge in [0.15, 0.2) is 0 Å². The first kappa shape index (κ1) is 13.5. The maximum atomic E-state index is 12.7. The summed E-state index contributed by atoms with van der Waals surface area (Å²) in [4.78, 5) is 0. The molecule has 0 aromatic heterocycles. The Kier molecular flexibility index (Phi) is 4.52. The molecule has 0 unspecified atom stereocenters. The normalized spacial score (nSPS) is 10.7. The van der Waals surface area contributed by atoms with Crippen LogP contribution in [0, 0.1) is 5.82 Å². The van der Waals surface area contributed by atoms with Crippen molar-refractivity contribution in [3.8, 4) is 5.75 Å². The lowest BCUT2D eigenvalue weighted by molar-refractivity contribution is 0.412. The van der Waals surface area contributed by atoms with Crippen LogP contribution in [0.5, 0.6) is 5.75 Å². The number of nitrogens with zero attached hydrogens (tertiary/aromatic N) is 1. The van der Waals surface area contributed by atoms with Gasteiger partial charge in [0, 0.05) is 0 Å². The highest BCUT2D eigenvalue weighted by molar-refractivity contribution is 9.10. The van der Waals surface area contributed by atoms with E-state index in [9.17, 15) is 4.39 Å². The number of anilines is 1. The average molecular weight is 323 g/mol. The Morgan fingerprint density at radius 2 is 1.95 bits per heavy atom. The summed E-state index contributed by atoms with van der Waals surface area (Å²) in [6.07, 6.45) is 1.67. The van der Waals surface area contributed by atoms with E-state index in [-0.39, 0.29) is 5.82 Å². The van der Waals surface area contributed by atoms with Crippen LogP contribution >= 0.6 is 15.9 Å². The Morgan fingerprint density at radius 1 is 1.21 bits per heavy atom. The molecule has 0 fully saturated rings. The third-order valence-corrected chi connectivity index (χ3v) is 3.05. The third-order valence-electron chi connectivity index (χ3n) is 2.43. The van der Waals surface area contributed by atoms with Gasteiger partial charge in [-0.25, -0.2) is 4.39 Å². The lowest BCUT2D eigenvalue weighted by Crippen LogP contribution is -1.91. The molecule has 0 spiro atoms. The van der Waals surface area contributed by atoms with Crippen LogP contribution in [0.15, 0.2) is 52.0 Å². The zero-order valence-electron chi connectivity index (χ0n) is 10.2. The number of ether oxygens (including phenoxy) is 1. The van der Waals surface area contributed by atoms with Gasteiger partial charge in [-0.05, 0) is 64.0 Å². The first-order chi connectivity index (χ1) is 9.19. The molecule has 0 amide bonds. The first-order valence-electron chi connectivity index (χ1n) is 5.57. The quantitative estimate of drug-likeness (QED) is 0.680. The molecule has 2 aromatic rings. The number of rotatable bonds is 4. The van der Waals surface area contributed by atoms with Gasteiger partial charge in [-0.15, -0.1) is 0 Å². The van der Waals surface area contributed by atoms with Gasteiger partial charge in [-0.2, -0.15) is 5.10 Å². The third kappa shape index (κ3) is 3.79. The highest BCUT2D eigenvalue weighted by atomic mass is 79.9. The molecule has 3 nitrogen and oxygen atoms in total. The zero-order valence-corrected chi connectivity index (χ0v) is 11.8. The van der Waals surface area contributed by atoms with Gasteiger partial charge in [0.05, 0.1) is 23.5 Å². The fourth-order valence-corrected chi connectivity index (χ4v) is 2.03. The Bertz CT molecular complexity index is 584. The van der Waals surface area contributed by atoms with Crippen LogP contribution in [0.2, 0.25) is 0 Å². The van der Waals surface area contributed by atoms with E-state index in [4.69, 9.17) is 4.74 Å². The van der Waals surface area contributed by atoms with E-state index in [0.29, 0.717) is 0 Å². The van der Waals surface area contributed by atoms with Crippen molar-refractivity contribution in [2.24, 2.45) is 5.10 Å². The molecule has 1 N–H and O–H groups in total. The van der Waals surface area contributed by atoms with Crippen molar-refractivity contribution < 1.29 is 9.13 Å². The number of benzene rings is 2. The number of hydrazone groups is 1. The summed E-state index contributed by atoms with van der Waals surface area (Å²) in [6.45, 7) is 0. The van der Waals surface area contributed by atoms with E-state index >= 15 is 0 Å². The minimum absolute atomic E-state index is 0.270. The molecule has 0 aliphatic rings. The first-order valence-corrected chi connectivity index (χ1v) is 6.36. The Labute approximate surface area is 119 Å². The number of nitrogens with one attached hydrogen (secondary N) is 1. The molecule has 0 heterocycles. The summed E-state index contributed by atoms with van der Waals surface area (Å²) in [5.74, 6) is 0.497. The summed E-state index contributed by atoms with van der Waals surface area (Å²) in [6, 6.07) is 11.6. The Hall–Kier alpha value is -1.88. The van der Waals surface area contributed by atoms with E-state index in [0.717, 1.165) is 21.5 Å². The molecule has 0 aliphatic heterocycles. The smallest absolute Gasteiger partial charge is 0.133 e. The van der Waals surface area contributed by atoms with E-state index < -0.39 is 0 Å². The van der Waals surface area contributed by atoms with Crippen LogP contribution in [0.25, 0.3) is 0 Å². The molecule has 5 heteroatoms. The fourth-order valence-electron chi connectivity index (χ4n) is 1.47. The van der Waals surface area contributed by atoms with Gasteiger partial charge in [0.1, 0.15) is 11.6 Å². The van der Waals surface area contributed by atoms with Gasteiger partial charge in [-0.3, -0.25) is 5.43 Å². The summed E-state index contributed by atoms with van der Waals surface area (Å²) >= 11 is 3.40. The minimum atomic E-state index is -0.270. The predicted molar refractivity (Wildman–Crippen MR) is 78.3 cm³/mol. The van der Waals surface area contributed by atoms with Gasteiger partial charge in [0.25, 0.3) is 0 Å². The van der Waals surface area contributed by atoms with Crippen molar-refractivity contribution in [2.75, 3.05) is 12.5 Å². The number of hydrogen-bond donors (Lipinski definition) is 1. The van der Waals surface area contributed by atoms with Crippen molar-refractivity contribution in [1.29, 1.82) is 0 Å². The molecular formula is C14H12BrFN2O. The Balaban J connectivity index is 2.02. The molecule has 2 rings (SSSR count).